The maximum atomic E-state index is 13.5. The number of nitrogens with two attached hydrogens (primary N) is 1. The van der Waals surface area contributed by atoms with E-state index in [4.69, 9.17) is 14.7 Å². The number of halogens is 1. The van der Waals surface area contributed by atoms with E-state index in [0.29, 0.717) is 12.3 Å². The summed E-state index contributed by atoms with van der Waals surface area (Å²) in [6, 6.07) is 18.1. The number of fused-ring (bicyclic) bond motifs is 1. The Hall–Kier alpha value is -3.49. The third-order valence-corrected chi connectivity index (χ3v) is 5.70. The summed E-state index contributed by atoms with van der Waals surface area (Å²) >= 11 is 1.31. The van der Waals surface area contributed by atoms with Crippen LogP contribution in [0.2, 0.25) is 0 Å². The van der Waals surface area contributed by atoms with Crippen molar-refractivity contribution in [1.29, 1.82) is 0 Å². The molecule has 0 spiro atoms. The van der Waals surface area contributed by atoms with Crippen LogP contribution in [0.4, 0.5) is 4.39 Å². The van der Waals surface area contributed by atoms with Crippen molar-refractivity contribution in [3.63, 3.8) is 0 Å². The summed E-state index contributed by atoms with van der Waals surface area (Å²) < 4.78 is 21.4. The van der Waals surface area contributed by atoms with Crippen LogP contribution in [0, 0.1) is 5.82 Å². The van der Waals surface area contributed by atoms with Gasteiger partial charge in [0.15, 0.2) is 0 Å². The number of rotatable bonds is 7. The molecule has 0 aliphatic rings. The third-order valence-electron chi connectivity index (χ3n) is 5.17. The number of aryl methyl sites for hydroxylation is 1. The van der Waals surface area contributed by atoms with Gasteiger partial charge in [-0.3, -0.25) is 9.82 Å². The second-order valence-corrected chi connectivity index (χ2v) is 8.05. The predicted molar refractivity (Wildman–Crippen MR) is 125 cm³/mol. The number of aromatic nitrogens is 4. The largest absolute Gasteiger partial charge is 0.438 e. The Bertz CT molecular complexity index is 1350. The van der Waals surface area contributed by atoms with Crippen molar-refractivity contribution in [2.24, 2.45) is 5.14 Å². The van der Waals surface area contributed by atoms with Crippen LogP contribution in [-0.2, 0) is 6.54 Å². The van der Waals surface area contributed by atoms with Gasteiger partial charge in [-0.2, -0.15) is 5.10 Å². The molecule has 0 saturated heterocycles. The van der Waals surface area contributed by atoms with E-state index in [1.165, 1.54) is 30.4 Å². The molecule has 0 bridgehead atoms. The zero-order valence-corrected chi connectivity index (χ0v) is 17.9. The first-order valence-corrected chi connectivity index (χ1v) is 11.2. The molecular weight excluding hydrogens is 425 g/mol. The molecule has 160 valence electrons. The van der Waals surface area contributed by atoms with Gasteiger partial charge in [-0.1, -0.05) is 42.3 Å². The van der Waals surface area contributed by atoms with Gasteiger partial charge in [-0.05, 0) is 36.8 Å². The van der Waals surface area contributed by atoms with Crippen molar-refractivity contribution in [2.45, 2.75) is 13.0 Å². The average molecular weight is 446 g/mol. The van der Waals surface area contributed by atoms with Crippen LogP contribution >= 0.6 is 11.9 Å². The van der Waals surface area contributed by atoms with Gasteiger partial charge in [0.25, 0.3) is 0 Å². The zero-order valence-electron chi connectivity index (χ0n) is 17.1. The summed E-state index contributed by atoms with van der Waals surface area (Å²) in [6.07, 6.45) is 4.35. The van der Waals surface area contributed by atoms with Gasteiger partial charge in [-0.25, -0.2) is 14.4 Å². The number of nitrogens with zero attached hydrogens (tertiary/aromatic N) is 4. The van der Waals surface area contributed by atoms with E-state index in [2.05, 4.69) is 9.97 Å². The molecule has 32 heavy (non-hydrogen) atoms. The minimum Gasteiger partial charge on any atom is -0.438 e. The Morgan fingerprint density at radius 1 is 0.969 bits per heavy atom. The quantitative estimate of drug-likeness (QED) is 0.261. The van der Waals surface area contributed by atoms with Crippen LogP contribution in [0.25, 0.3) is 44.9 Å². The monoisotopic (exact) mass is 445 g/mol. The molecule has 3 heterocycles. The lowest BCUT2D eigenvalue weighted by Crippen LogP contribution is -2.00. The predicted octanol–water partition coefficient (Wildman–Crippen LogP) is 5.56. The van der Waals surface area contributed by atoms with E-state index in [-0.39, 0.29) is 5.82 Å². The topological polar surface area (TPSA) is 82.8 Å². The molecule has 5 aromatic rings. The van der Waals surface area contributed by atoms with Gasteiger partial charge in [0.05, 0.1) is 11.1 Å². The molecule has 2 aromatic carbocycles. The first-order chi connectivity index (χ1) is 15.7. The molecule has 0 atom stereocenters. The Balaban J connectivity index is 1.64. The minimum absolute atomic E-state index is 0.290. The highest BCUT2D eigenvalue weighted by Crippen LogP contribution is 2.36. The highest BCUT2D eigenvalue weighted by Gasteiger charge is 2.19. The van der Waals surface area contributed by atoms with Crippen molar-refractivity contribution < 1.29 is 8.81 Å². The van der Waals surface area contributed by atoms with Crippen molar-refractivity contribution in [3.8, 4) is 33.8 Å². The van der Waals surface area contributed by atoms with Crippen molar-refractivity contribution in [2.75, 3.05) is 5.75 Å². The Morgan fingerprint density at radius 3 is 2.56 bits per heavy atom. The van der Waals surface area contributed by atoms with Gasteiger partial charge in [0.1, 0.15) is 23.6 Å². The van der Waals surface area contributed by atoms with Crippen LogP contribution in [-0.4, -0.2) is 25.5 Å². The Labute approximate surface area is 188 Å². The molecule has 0 radical (unpaired) electrons. The Morgan fingerprint density at radius 2 is 1.78 bits per heavy atom. The SMILES string of the molecule is NSCCCn1cc(-c2ncnc3oc(-c4ccccc4)cc23)c(-c2ccc(F)cc2)n1. The van der Waals surface area contributed by atoms with E-state index in [0.717, 1.165) is 51.4 Å². The first kappa shape index (κ1) is 20.4. The maximum Gasteiger partial charge on any atom is 0.230 e. The summed E-state index contributed by atoms with van der Waals surface area (Å²) in [5.74, 6) is 1.26. The smallest absolute Gasteiger partial charge is 0.230 e. The van der Waals surface area contributed by atoms with Crippen molar-refractivity contribution in [1.82, 2.24) is 19.7 Å². The maximum absolute atomic E-state index is 13.5. The van der Waals surface area contributed by atoms with Gasteiger partial charge in [-0.15, -0.1) is 0 Å². The normalized spacial score (nSPS) is 11.3. The lowest BCUT2D eigenvalue weighted by atomic mass is 10.0. The van der Waals surface area contributed by atoms with E-state index in [1.807, 2.05) is 47.3 Å². The summed E-state index contributed by atoms with van der Waals surface area (Å²) in [6.45, 7) is 0.716. The van der Waals surface area contributed by atoms with Gasteiger partial charge >= 0.3 is 0 Å². The molecule has 0 fully saturated rings. The number of furan rings is 1. The molecule has 0 aliphatic heterocycles. The fraction of sp³-hybridized carbons (Fsp3) is 0.125. The lowest BCUT2D eigenvalue weighted by Gasteiger charge is -2.03. The third kappa shape index (κ3) is 4.02. The number of hydrogen-bond donors (Lipinski definition) is 1. The molecule has 0 aliphatic carbocycles. The molecule has 0 unspecified atom stereocenters. The second-order valence-electron chi connectivity index (χ2n) is 7.30. The molecule has 8 heteroatoms. The summed E-state index contributed by atoms with van der Waals surface area (Å²) in [5, 5.41) is 11.1. The fourth-order valence-electron chi connectivity index (χ4n) is 3.65. The number of benzene rings is 2. The summed E-state index contributed by atoms with van der Waals surface area (Å²) in [4.78, 5) is 8.90. The summed E-state index contributed by atoms with van der Waals surface area (Å²) in [5.41, 5.74) is 4.57. The van der Waals surface area contributed by atoms with Gasteiger partial charge in [0.2, 0.25) is 5.71 Å². The van der Waals surface area contributed by atoms with Crippen LogP contribution in [0.1, 0.15) is 6.42 Å². The van der Waals surface area contributed by atoms with Crippen LogP contribution < -0.4 is 5.14 Å². The molecule has 6 nitrogen and oxygen atoms in total. The average Bonchev–Trinajstić information content (AvgIpc) is 3.45. The van der Waals surface area contributed by atoms with Gasteiger partial charge < -0.3 is 4.42 Å². The Kier molecular flexibility index (Phi) is 5.70. The standard InChI is InChI=1S/C24H20FN5OS/c25-18-9-7-17(8-10-18)22-20(14-30(29-22)11-4-12-32-26)23-19-13-21(16-5-2-1-3-6-16)31-24(19)28-15-27-23/h1-3,5-10,13-15H,4,11-12,26H2. The van der Waals surface area contributed by atoms with E-state index >= 15 is 0 Å². The van der Waals surface area contributed by atoms with Crippen LogP contribution in [0.15, 0.2) is 77.6 Å². The van der Waals surface area contributed by atoms with Crippen molar-refractivity contribution in [3.05, 3.63) is 79.0 Å². The summed E-state index contributed by atoms with van der Waals surface area (Å²) in [7, 11) is 0. The second kappa shape index (κ2) is 8.94. The zero-order chi connectivity index (χ0) is 21.9. The van der Waals surface area contributed by atoms with E-state index in [1.54, 1.807) is 12.1 Å². The van der Waals surface area contributed by atoms with Crippen LogP contribution in [0.5, 0.6) is 0 Å². The van der Waals surface area contributed by atoms with E-state index in [9.17, 15) is 4.39 Å². The highest BCUT2D eigenvalue weighted by molar-refractivity contribution is 7.97. The highest BCUT2D eigenvalue weighted by atomic mass is 32.2. The molecule has 5 rings (SSSR count). The molecule has 2 N–H and O–H groups in total. The molecule has 3 aromatic heterocycles. The molecule has 0 amide bonds. The molecule has 0 saturated carbocycles. The minimum atomic E-state index is -0.290. The van der Waals surface area contributed by atoms with E-state index < -0.39 is 0 Å². The lowest BCUT2D eigenvalue weighted by molar-refractivity contribution is 0.608. The first-order valence-electron chi connectivity index (χ1n) is 10.2. The molecular formula is C24H20FN5OS. The van der Waals surface area contributed by atoms with Gasteiger partial charge in [0, 0.05) is 35.2 Å². The number of hydrogen-bond acceptors (Lipinski definition) is 6. The van der Waals surface area contributed by atoms with Crippen molar-refractivity contribution >= 4 is 23.0 Å². The fourth-order valence-corrected chi connectivity index (χ4v) is 3.95. The van der Waals surface area contributed by atoms with Crippen LogP contribution in [0.3, 0.4) is 0 Å².